The zero-order chi connectivity index (χ0) is 26.8. The smallest absolute Gasteiger partial charge is 0.295 e. The number of aliphatic hydroxyl groups is 1. The third-order valence-electron chi connectivity index (χ3n) is 7.19. The summed E-state index contributed by atoms with van der Waals surface area (Å²) >= 11 is 0. The number of unbranched alkanes of at least 4 members (excludes halogenated alkanes) is 1. The van der Waals surface area contributed by atoms with Gasteiger partial charge in [-0.25, -0.2) is 0 Å². The molecule has 3 aromatic carbocycles. The van der Waals surface area contributed by atoms with E-state index < -0.39 is 17.7 Å². The molecule has 0 bridgehead atoms. The van der Waals surface area contributed by atoms with Gasteiger partial charge in [-0.3, -0.25) is 9.59 Å². The zero-order valence-electron chi connectivity index (χ0n) is 22.0. The number of nitrogens with one attached hydrogen (secondary N) is 1. The topological polar surface area (TPSA) is 82.6 Å². The summed E-state index contributed by atoms with van der Waals surface area (Å²) in [7, 11) is 0. The van der Waals surface area contributed by atoms with Crippen molar-refractivity contribution in [1.29, 1.82) is 0 Å². The Hall–Kier alpha value is -4.32. The maximum absolute atomic E-state index is 13.4. The zero-order valence-corrected chi connectivity index (χ0v) is 22.0. The molecule has 1 aliphatic rings. The Morgan fingerprint density at radius 1 is 1.00 bits per heavy atom. The Kier molecular flexibility index (Phi) is 7.05. The highest BCUT2D eigenvalue weighted by atomic mass is 16.5. The average molecular weight is 509 g/mol. The van der Waals surface area contributed by atoms with E-state index in [2.05, 4.69) is 4.98 Å². The lowest BCUT2D eigenvalue weighted by molar-refractivity contribution is -0.139. The van der Waals surface area contributed by atoms with Gasteiger partial charge in [0, 0.05) is 34.3 Å². The summed E-state index contributed by atoms with van der Waals surface area (Å²) in [6.45, 7) is 6.76. The average Bonchev–Trinajstić information content (AvgIpc) is 3.38. The molecule has 194 valence electrons. The van der Waals surface area contributed by atoms with E-state index in [4.69, 9.17) is 4.74 Å². The number of aryl methyl sites for hydroxylation is 2. The van der Waals surface area contributed by atoms with Crippen molar-refractivity contribution in [3.8, 4) is 5.75 Å². The van der Waals surface area contributed by atoms with Gasteiger partial charge in [0.2, 0.25) is 0 Å². The van der Waals surface area contributed by atoms with Crippen LogP contribution in [0.5, 0.6) is 5.75 Å². The van der Waals surface area contributed by atoms with Gasteiger partial charge in [0.05, 0.1) is 11.6 Å². The molecule has 6 heteroatoms. The Morgan fingerprint density at radius 2 is 1.74 bits per heavy atom. The van der Waals surface area contributed by atoms with E-state index in [1.807, 2.05) is 75.4 Å². The fraction of sp³-hybridized carbons (Fsp3) is 0.250. The number of carbonyl (C=O) groups excluding carboxylic acids is 2. The number of para-hydroxylation sites is 1. The van der Waals surface area contributed by atoms with Gasteiger partial charge in [-0.1, -0.05) is 61.9 Å². The van der Waals surface area contributed by atoms with E-state index in [1.54, 1.807) is 23.1 Å². The van der Waals surface area contributed by atoms with Gasteiger partial charge in [-0.15, -0.1) is 0 Å². The van der Waals surface area contributed by atoms with E-state index in [-0.39, 0.29) is 11.3 Å². The second-order valence-electron chi connectivity index (χ2n) is 9.81. The molecule has 1 fully saturated rings. The maximum atomic E-state index is 13.4. The number of aromatic amines is 1. The Labute approximate surface area is 222 Å². The van der Waals surface area contributed by atoms with Crippen molar-refractivity contribution >= 4 is 28.4 Å². The molecule has 5 rings (SSSR count). The number of hydrogen-bond acceptors (Lipinski definition) is 4. The molecule has 1 aliphatic heterocycles. The number of ether oxygens (including phenoxy) is 1. The van der Waals surface area contributed by atoms with Crippen LogP contribution in [0.1, 0.15) is 53.8 Å². The molecule has 1 atom stereocenters. The number of aliphatic hydroxyl groups excluding tert-OH is 1. The highest BCUT2D eigenvalue weighted by molar-refractivity contribution is 6.46. The first-order chi connectivity index (χ1) is 18.4. The number of hydrogen-bond donors (Lipinski definition) is 2. The lowest BCUT2D eigenvalue weighted by Gasteiger charge is -2.25. The van der Waals surface area contributed by atoms with Gasteiger partial charge in [0.15, 0.2) is 0 Å². The van der Waals surface area contributed by atoms with Crippen molar-refractivity contribution < 1.29 is 19.4 Å². The number of amides is 1. The number of aromatic nitrogens is 1. The number of Topliss-reactive ketones (excluding diaryl/α,β-unsaturated/α-hetero) is 1. The summed E-state index contributed by atoms with van der Waals surface area (Å²) in [5.74, 6) is -0.711. The lowest BCUT2D eigenvalue weighted by atomic mass is 9.93. The van der Waals surface area contributed by atoms with Crippen LogP contribution in [-0.2, 0) is 16.2 Å². The van der Waals surface area contributed by atoms with Gasteiger partial charge in [0.1, 0.15) is 18.1 Å². The minimum absolute atomic E-state index is 0.122. The molecule has 4 aromatic rings. The van der Waals surface area contributed by atoms with Crippen molar-refractivity contribution in [2.24, 2.45) is 0 Å². The number of benzene rings is 3. The summed E-state index contributed by atoms with van der Waals surface area (Å²) in [6, 6.07) is 22.4. The van der Waals surface area contributed by atoms with Crippen molar-refractivity contribution in [2.75, 3.05) is 6.54 Å². The van der Waals surface area contributed by atoms with Crippen molar-refractivity contribution in [1.82, 2.24) is 9.88 Å². The molecule has 38 heavy (non-hydrogen) atoms. The molecule has 1 amide bonds. The number of likely N-dealkylation sites (tertiary alicyclic amines) is 1. The second-order valence-corrected chi connectivity index (χ2v) is 9.81. The first-order valence-corrected chi connectivity index (χ1v) is 13.0. The fourth-order valence-corrected chi connectivity index (χ4v) is 5.24. The molecule has 0 saturated carbocycles. The minimum atomic E-state index is -0.674. The number of nitrogens with zero attached hydrogens (tertiary/aromatic N) is 1. The normalized spacial score (nSPS) is 16.9. The molecule has 0 spiro atoms. The Balaban J connectivity index is 1.57. The molecule has 6 nitrogen and oxygen atoms in total. The van der Waals surface area contributed by atoms with Crippen LogP contribution in [-0.4, -0.2) is 33.2 Å². The Morgan fingerprint density at radius 3 is 2.47 bits per heavy atom. The largest absolute Gasteiger partial charge is 0.507 e. The number of rotatable bonds is 8. The predicted molar refractivity (Wildman–Crippen MR) is 149 cm³/mol. The third-order valence-corrected chi connectivity index (χ3v) is 7.19. The van der Waals surface area contributed by atoms with E-state index in [9.17, 15) is 14.7 Å². The monoisotopic (exact) mass is 508 g/mol. The molecular weight excluding hydrogens is 476 g/mol. The van der Waals surface area contributed by atoms with Crippen molar-refractivity contribution in [3.63, 3.8) is 0 Å². The molecular formula is C32H32N2O4. The molecule has 2 N–H and O–H groups in total. The summed E-state index contributed by atoms with van der Waals surface area (Å²) in [4.78, 5) is 31.7. The van der Waals surface area contributed by atoms with E-state index in [0.29, 0.717) is 24.5 Å². The van der Waals surface area contributed by atoms with Crippen LogP contribution >= 0.6 is 0 Å². The van der Waals surface area contributed by atoms with Gasteiger partial charge < -0.3 is 19.7 Å². The fourth-order valence-electron chi connectivity index (χ4n) is 5.24. The van der Waals surface area contributed by atoms with Crippen LogP contribution < -0.4 is 4.74 Å². The summed E-state index contributed by atoms with van der Waals surface area (Å²) in [5.41, 5.74) is 5.12. The standard InChI is InChI=1S/C32H32N2O4/c1-4-5-17-34-29(27-21(3)33-25-14-10-9-13-24(25)27)28(31(36)32(34)37)30(35)23-15-16-26(20(2)18-23)38-19-22-11-7-6-8-12-22/h6-16,18,29,33,35H,4-5,17,19H2,1-3H3/b30-28+. The van der Waals surface area contributed by atoms with Crippen LogP contribution in [0.25, 0.3) is 16.7 Å². The quantitative estimate of drug-likeness (QED) is 0.160. The van der Waals surface area contributed by atoms with E-state index >= 15 is 0 Å². The molecule has 0 radical (unpaired) electrons. The first-order valence-electron chi connectivity index (χ1n) is 13.0. The summed E-state index contributed by atoms with van der Waals surface area (Å²) in [5, 5.41) is 12.5. The number of H-pyrrole nitrogens is 1. The summed E-state index contributed by atoms with van der Waals surface area (Å²) < 4.78 is 6.00. The van der Waals surface area contributed by atoms with Gasteiger partial charge in [-0.2, -0.15) is 0 Å². The lowest BCUT2D eigenvalue weighted by Crippen LogP contribution is -2.30. The first kappa shape index (κ1) is 25.3. The molecule has 1 unspecified atom stereocenters. The van der Waals surface area contributed by atoms with Crippen LogP contribution in [0.2, 0.25) is 0 Å². The Bertz CT molecular complexity index is 1530. The van der Waals surface area contributed by atoms with Gasteiger partial charge >= 0.3 is 0 Å². The van der Waals surface area contributed by atoms with Crippen LogP contribution in [0.4, 0.5) is 0 Å². The SMILES string of the molecule is CCCCN1C(=O)C(=O)/C(=C(/O)c2ccc(OCc3ccccc3)c(C)c2)C1c1c(C)[nH]c2ccccc12. The number of ketones is 1. The van der Waals surface area contributed by atoms with Crippen molar-refractivity contribution in [2.45, 2.75) is 46.3 Å². The van der Waals surface area contributed by atoms with Crippen LogP contribution in [0.15, 0.2) is 78.4 Å². The van der Waals surface area contributed by atoms with Gasteiger partial charge in [0.25, 0.3) is 11.7 Å². The number of carbonyl (C=O) groups is 2. The minimum Gasteiger partial charge on any atom is -0.507 e. The highest BCUT2D eigenvalue weighted by Gasteiger charge is 2.47. The van der Waals surface area contributed by atoms with Crippen LogP contribution in [0, 0.1) is 13.8 Å². The molecule has 1 aromatic heterocycles. The van der Waals surface area contributed by atoms with E-state index in [0.717, 1.165) is 46.1 Å². The van der Waals surface area contributed by atoms with Gasteiger partial charge in [-0.05, 0) is 55.7 Å². The second kappa shape index (κ2) is 10.6. The maximum Gasteiger partial charge on any atom is 0.295 e. The van der Waals surface area contributed by atoms with Crippen molar-refractivity contribution in [3.05, 3.63) is 106 Å². The molecule has 2 heterocycles. The molecule has 0 aliphatic carbocycles. The predicted octanol–water partition coefficient (Wildman–Crippen LogP) is 6.59. The number of fused-ring (bicyclic) bond motifs is 1. The third kappa shape index (κ3) is 4.58. The van der Waals surface area contributed by atoms with Crippen LogP contribution in [0.3, 0.4) is 0 Å². The molecule has 1 saturated heterocycles. The summed E-state index contributed by atoms with van der Waals surface area (Å²) in [6.07, 6.45) is 1.64. The highest BCUT2D eigenvalue weighted by Crippen LogP contribution is 2.43. The van der Waals surface area contributed by atoms with E-state index in [1.165, 1.54) is 0 Å².